The molecule has 0 radical (unpaired) electrons. The van der Waals surface area contributed by atoms with E-state index in [2.05, 4.69) is 15.3 Å². The van der Waals surface area contributed by atoms with Crippen LogP contribution in [0.3, 0.4) is 0 Å². The molecule has 0 unspecified atom stereocenters. The number of benzene rings is 2. The van der Waals surface area contributed by atoms with Gasteiger partial charge in [-0.3, -0.25) is 0 Å². The van der Waals surface area contributed by atoms with Crippen LogP contribution in [0.25, 0.3) is 10.4 Å². The Bertz CT molecular complexity index is 709. The van der Waals surface area contributed by atoms with E-state index in [4.69, 9.17) is 21.9 Å². The van der Waals surface area contributed by atoms with Crippen LogP contribution in [0.1, 0.15) is 10.4 Å². The zero-order valence-electron chi connectivity index (χ0n) is 11.1. The van der Waals surface area contributed by atoms with E-state index in [1.165, 1.54) is 13.2 Å². The van der Waals surface area contributed by atoms with Gasteiger partial charge in [0.05, 0.1) is 18.4 Å². The molecule has 7 heteroatoms. The molecule has 0 atom stereocenters. The highest BCUT2D eigenvalue weighted by atomic mass is 35.5. The molecule has 2 rings (SSSR count). The molecule has 21 heavy (non-hydrogen) atoms. The molecular formula is C14H11ClN4O2. The summed E-state index contributed by atoms with van der Waals surface area (Å²) in [5.74, 6) is -0.526. The molecule has 0 amide bonds. The molecule has 2 aromatic carbocycles. The smallest absolute Gasteiger partial charge is 0.339 e. The Balaban J connectivity index is 2.39. The van der Waals surface area contributed by atoms with E-state index < -0.39 is 5.97 Å². The second kappa shape index (κ2) is 6.65. The number of rotatable bonds is 4. The number of halogens is 1. The van der Waals surface area contributed by atoms with Crippen molar-refractivity contribution in [1.29, 1.82) is 0 Å². The highest BCUT2D eigenvalue weighted by molar-refractivity contribution is 6.30. The second-order valence-electron chi connectivity index (χ2n) is 4.04. The van der Waals surface area contributed by atoms with Crippen molar-refractivity contribution in [3.05, 3.63) is 63.5 Å². The molecule has 0 heterocycles. The summed E-state index contributed by atoms with van der Waals surface area (Å²) in [5, 5.41) is 7.18. The van der Waals surface area contributed by atoms with Gasteiger partial charge in [-0.15, -0.1) is 0 Å². The van der Waals surface area contributed by atoms with E-state index in [9.17, 15) is 4.79 Å². The van der Waals surface area contributed by atoms with Crippen molar-refractivity contribution in [3.63, 3.8) is 0 Å². The van der Waals surface area contributed by atoms with Gasteiger partial charge >= 0.3 is 5.97 Å². The quantitative estimate of drug-likeness (QED) is 0.380. The third kappa shape index (κ3) is 3.66. The van der Waals surface area contributed by atoms with Gasteiger partial charge in [0.25, 0.3) is 0 Å². The van der Waals surface area contributed by atoms with Gasteiger partial charge in [-0.1, -0.05) is 22.8 Å². The second-order valence-corrected chi connectivity index (χ2v) is 4.48. The number of nitrogens with zero attached hydrogens (tertiary/aromatic N) is 3. The Morgan fingerprint density at radius 1 is 1.29 bits per heavy atom. The van der Waals surface area contributed by atoms with E-state index in [0.717, 1.165) is 5.69 Å². The highest BCUT2D eigenvalue weighted by Gasteiger charge is 2.12. The van der Waals surface area contributed by atoms with Gasteiger partial charge in [0.15, 0.2) is 0 Å². The van der Waals surface area contributed by atoms with E-state index in [1.54, 1.807) is 36.4 Å². The molecule has 0 aromatic heterocycles. The Morgan fingerprint density at radius 3 is 2.62 bits per heavy atom. The summed E-state index contributed by atoms with van der Waals surface area (Å²) in [6.45, 7) is 0. The summed E-state index contributed by atoms with van der Waals surface area (Å²) in [6.07, 6.45) is 0. The standard InChI is InChI=1S/C14H11ClN4O2/c1-21-14(20)12-8-11(18-19-16)6-7-13(12)17-10-4-2-9(15)3-5-10/h2-8,17H,1H3. The number of azide groups is 1. The van der Waals surface area contributed by atoms with Gasteiger partial charge in [0, 0.05) is 21.3 Å². The van der Waals surface area contributed by atoms with Crippen LogP contribution in [0.4, 0.5) is 17.1 Å². The van der Waals surface area contributed by atoms with Crippen LogP contribution >= 0.6 is 11.6 Å². The van der Waals surface area contributed by atoms with Crippen molar-refractivity contribution in [2.45, 2.75) is 0 Å². The Kier molecular flexibility index (Phi) is 4.66. The largest absolute Gasteiger partial charge is 0.465 e. The first-order valence-corrected chi connectivity index (χ1v) is 6.32. The normalized spacial score (nSPS) is 9.62. The molecule has 1 N–H and O–H groups in total. The monoisotopic (exact) mass is 302 g/mol. The van der Waals surface area contributed by atoms with E-state index >= 15 is 0 Å². The van der Waals surface area contributed by atoms with Gasteiger partial charge in [-0.2, -0.15) is 0 Å². The lowest BCUT2D eigenvalue weighted by atomic mass is 10.1. The van der Waals surface area contributed by atoms with Gasteiger partial charge in [0.1, 0.15) is 0 Å². The van der Waals surface area contributed by atoms with Crippen LogP contribution in [-0.4, -0.2) is 13.1 Å². The molecular weight excluding hydrogens is 292 g/mol. The minimum absolute atomic E-state index is 0.275. The first kappa shape index (κ1) is 14.7. The molecule has 0 aliphatic carbocycles. The summed E-state index contributed by atoms with van der Waals surface area (Å²) in [4.78, 5) is 14.5. The summed E-state index contributed by atoms with van der Waals surface area (Å²) >= 11 is 5.83. The van der Waals surface area contributed by atoms with Crippen LogP contribution in [-0.2, 0) is 4.74 Å². The number of methoxy groups -OCH3 is 1. The first-order chi connectivity index (χ1) is 10.1. The predicted molar refractivity (Wildman–Crippen MR) is 81.3 cm³/mol. The van der Waals surface area contributed by atoms with E-state index in [1.807, 2.05) is 0 Å². The fourth-order valence-corrected chi connectivity index (χ4v) is 1.85. The Labute approximate surface area is 125 Å². The van der Waals surface area contributed by atoms with Crippen LogP contribution in [0.15, 0.2) is 47.6 Å². The van der Waals surface area contributed by atoms with Crippen molar-refractivity contribution >= 4 is 34.6 Å². The lowest BCUT2D eigenvalue weighted by Gasteiger charge is -2.11. The number of anilines is 2. The lowest BCUT2D eigenvalue weighted by molar-refractivity contribution is 0.0602. The van der Waals surface area contributed by atoms with Gasteiger partial charge in [0.2, 0.25) is 0 Å². The molecule has 0 aliphatic rings. The third-order valence-corrected chi connectivity index (χ3v) is 2.94. The van der Waals surface area contributed by atoms with Gasteiger partial charge in [-0.25, -0.2) is 4.79 Å². The fourth-order valence-electron chi connectivity index (χ4n) is 1.72. The van der Waals surface area contributed by atoms with Crippen molar-refractivity contribution in [1.82, 2.24) is 0 Å². The molecule has 0 fully saturated rings. The minimum atomic E-state index is -0.526. The highest BCUT2D eigenvalue weighted by Crippen LogP contribution is 2.27. The summed E-state index contributed by atoms with van der Waals surface area (Å²) in [6, 6.07) is 11.7. The Hall–Kier alpha value is -2.69. The van der Waals surface area contributed by atoms with Crippen molar-refractivity contribution < 1.29 is 9.53 Å². The molecule has 0 spiro atoms. The molecule has 6 nitrogen and oxygen atoms in total. The fraction of sp³-hybridized carbons (Fsp3) is 0.0714. The average Bonchev–Trinajstić information content (AvgIpc) is 2.50. The molecule has 0 saturated heterocycles. The summed E-state index contributed by atoms with van der Waals surface area (Å²) in [5.41, 5.74) is 10.4. The van der Waals surface area contributed by atoms with Crippen molar-refractivity contribution in [2.75, 3.05) is 12.4 Å². The zero-order chi connectivity index (χ0) is 15.2. The summed E-state index contributed by atoms with van der Waals surface area (Å²) in [7, 11) is 1.29. The van der Waals surface area contributed by atoms with Gasteiger partial charge in [-0.05, 0) is 41.9 Å². The van der Waals surface area contributed by atoms with Gasteiger partial charge < -0.3 is 10.1 Å². The molecule has 2 aromatic rings. The maximum absolute atomic E-state index is 11.8. The minimum Gasteiger partial charge on any atom is -0.465 e. The van der Waals surface area contributed by atoms with Crippen LogP contribution < -0.4 is 5.32 Å². The summed E-state index contributed by atoms with van der Waals surface area (Å²) < 4.78 is 4.73. The predicted octanol–water partition coefficient (Wildman–Crippen LogP) is 4.81. The first-order valence-electron chi connectivity index (χ1n) is 5.94. The molecule has 0 saturated carbocycles. The van der Waals surface area contributed by atoms with E-state index in [-0.39, 0.29) is 5.56 Å². The number of nitrogens with one attached hydrogen (secondary N) is 1. The third-order valence-electron chi connectivity index (χ3n) is 2.69. The number of hydrogen-bond acceptors (Lipinski definition) is 4. The lowest BCUT2D eigenvalue weighted by Crippen LogP contribution is -2.05. The number of ether oxygens (including phenoxy) is 1. The zero-order valence-corrected chi connectivity index (χ0v) is 11.8. The molecule has 106 valence electrons. The molecule has 0 aliphatic heterocycles. The Morgan fingerprint density at radius 2 is 2.00 bits per heavy atom. The van der Waals surface area contributed by atoms with Crippen molar-refractivity contribution in [3.8, 4) is 0 Å². The number of carbonyl (C=O) groups is 1. The van der Waals surface area contributed by atoms with Crippen LogP contribution in [0.5, 0.6) is 0 Å². The maximum Gasteiger partial charge on any atom is 0.339 e. The van der Waals surface area contributed by atoms with E-state index in [0.29, 0.717) is 16.4 Å². The number of carbonyl (C=O) groups excluding carboxylic acids is 1. The van der Waals surface area contributed by atoms with Crippen LogP contribution in [0, 0.1) is 0 Å². The SMILES string of the molecule is COC(=O)c1cc(N=[N+]=[N-])ccc1Nc1ccc(Cl)cc1. The topological polar surface area (TPSA) is 87.1 Å². The van der Waals surface area contributed by atoms with Crippen molar-refractivity contribution in [2.24, 2.45) is 5.11 Å². The average molecular weight is 303 g/mol. The van der Waals surface area contributed by atoms with Crippen LogP contribution in [0.2, 0.25) is 5.02 Å². The number of hydrogen-bond donors (Lipinski definition) is 1. The maximum atomic E-state index is 11.8. The molecule has 0 bridgehead atoms. The number of esters is 1.